The van der Waals surface area contributed by atoms with E-state index in [0.29, 0.717) is 30.1 Å². The van der Waals surface area contributed by atoms with Crippen LogP contribution in [0.5, 0.6) is 0 Å². The molecule has 2 N–H and O–H groups in total. The van der Waals surface area contributed by atoms with E-state index in [9.17, 15) is 14.0 Å². The van der Waals surface area contributed by atoms with Crippen LogP contribution in [0.15, 0.2) is 54.7 Å². The predicted octanol–water partition coefficient (Wildman–Crippen LogP) is 3.69. The van der Waals surface area contributed by atoms with Crippen molar-refractivity contribution in [3.8, 4) is 0 Å². The van der Waals surface area contributed by atoms with Crippen molar-refractivity contribution in [3.63, 3.8) is 0 Å². The molecule has 0 aliphatic carbocycles. The summed E-state index contributed by atoms with van der Waals surface area (Å²) in [7, 11) is 0. The van der Waals surface area contributed by atoms with Gasteiger partial charge in [-0.05, 0) is 30.2 Å². The molecule has 2 amide bonds. The number of ether oxygens (including phenoxy) is 1. The van der Waals surface area contributed by atoms with Crippen LogP contribution < -0.4 is 10.6 Å². The Hall–Kier alpha value is -3.52. The molecule has 1 aliphatic rings. The minimum atomic E-state index is -0.488. The predicted molar refractivity (Wildman–Crippen MR) is 113 cm³/mol. The molecule has 1 unspecified atom stereocenters. The molecule has 0 saturated carbocycles. The Morgan fingerprint density at radius 3 is 2.71 bits per heavy atom. The van der Waals surface area contributed by atoms with E-state index in [4.69, 9.17) is 4.74 Å². The van der Waals surface area contributed by atoms with Crippen LogP contribution in [0, 0.1) is 5.82 Å². The second kappa shape index (κ2) is 9.09. The van der Waals surface area contributed by atoms with Crippen LogP contribution in [0.1, 0.15) is 51.5 Å². The number of hydrogen-bond acceptors (Lipinski definition) is 4. The third-order valence-corrected chi connectivity index (χ3v) is 5.27. The zero-order chi connectivity index (χ0) is 21.8. The molecule has 0 spiro atoms. The molecule has 0 bridgehead atoms. The number of hydrogen-bond donors (Lipinski definition) is 2. The number of carbonyl (C=O) groups excluding carboxylic acids is 2. The summed E-state index contributed by atoms with van der Waals surface area (Å²) in [6.45, 7) is 3.15. The van der Waals surface area contributed by atoms with E-state index in [0.717, 1.165) is 18.2 Å². The average Bonchev–Trinajstić information content (AvgIpc) is 3.19. The van der Waals surface area contributed by atoms with Crippen molar-refractivity contribution >= 4 is 17.6 Å². The van der Waals surface area contributed by atoms with Crippen LogP contribution in [-0.4, -0.2) is 28.0 Å². The van der Waals surface area contributed by atoms with E-state index in [1.807, 2.05) is 37.3 Å². The first-order valence-corrected chi connectivity index (χ1v) is 10.2. The number of fused-ring (bicyclic) bond motifs is 1. The van der Waals surface area contributed by atoms with Gasteiger partial charge in [-0.3, -0.25) is 9.59 Å². The summed E-state index contributed by atoms with van der Waals surface area (Å²) in [4.78, 5) is 29.9. The summed E-state index contributed by atoms with van der Waals surface area (Å²) in [6.07, 6.45) is 1.76. The van der Waals surface area contributed by atoms with Gasteiger partial charge in [0.15, 0.2) is 0 Å². The largest absolute Gasteiger partial charge is 0.373 e. The van der Waals surface area contributed by atoms with Crippen molar-refractivity contribution in [3.05, 3.63) is 83.1 Å². The molecular formula is C23H23FN4O3. The highest BCUT2D eigenvalue weighted by Gasteiger charge is 2.27. The summed E-state index contributed by atoms with van der Waals surface area (Å²) in [5, 5.41) is 5.72. The van der Waals surface area contributed by atoms with Crippen molar-refractivity contribution in [2.24, 2.45) is 0 Å². The van der Waals surface area contributed by atoms with Gasteiger partial charge >= 0.3 is 0 Å². The number of nitrogens with one attached hydrogen (secondary N) is 2. The van der Waals surface area contributed by atoms with E-state index >= 15 is 0 Å². The molecule has 1 aliphatic heterocycles. The lowest BCUT2D eigenvalue weighted by Gasteiger charge is -2.20. The number of rotatable bonds is 6. The number of nitrogens with zero attached hydrogens (tertiary/aromatic N) is 2. The molecule has 0 radical (unpaired) electrons. The van der Waals surface area contributed by atoms with Gasteiger partial charge in [-0.25, -0.2) is 9.37 Å². The Kier molecular flexibility index (Phi) is 6.08. The van der Waals surface area contributed by atoms with Gasteiger partial charge in [-0.1, -0.05) is 37.3 Å². The number of amides is 2. The van der Waals surface area contributed by atoms with E-state index in [1.54, 1.807) is 10.6 Å². The Morgan fingerprint density at radius 1 is 1.19 bits per heavy atom. The van der Waals surface area contributed by atoms with Crippen LogP contribution >= 0.6 is 0 Å². The van der Waals surface area contributed by atoms with E-state index in [2.05, 4.69) is 15.6 Å². The smallest absolute Gasteiger partial charge is 0.273 e. The van der Waals surface area contributed by atoms with Crippen molar-refractivity contribution in [1.29, 1.82) is 0 Å². The van der Waals surface area contributed by atoms with Gasteiger partial charge in [0.2, 0.25) is 0 Å². The SMILES string of the molecule is CCC(NC(=O)c1cc(C(=O)Nc2ccc(F)cn2)n2c1COCC2)c1ccccc1. The Balaban J connectivity index is 1.59. The third kappa shape index (κ3) is 4.49. The van der Waals surface area contributed by atoms with Crippen molar-refractivity contribution in [1.82, 2.24) is 14.9 Å². The molecule has 2 aromatic heterocycles. The van der Waals surface area contributed by atoms with Crippen LogP contribution in [0.4, 0.5) is 10.2 Å². The second-order valence-electron chi connectivity index (χ2n) is 7.25. The minimum absolute atomic E-state index is 0.144. The lowest BCUT2D eigenvalue weighted by atomic mass is 10.0. The van der Waals surface area contributed by atoms with Crippen LogP contribution in [0.25, 0.3) is 0 Å². The second-order valence-corrected chi connectivity index (χ2v) is 7.25. The number of benzene rings is 1. The fraction of sp³-hybridized carbons (Fsp3) is 0.261. The molecule has 4 rings (SSSR count). The van der Waals surface area contributed by atoms with Crippen LogP contribution in [0.3, 0.4) is 0 Å². The van der Waals surface area contributed by atoms with Crippen LogP contribution in [-0.2, 0) is 17.9 Å². The molecule has 8 heteroatoms. The molecule has 1 aromatic carbocycles. The molecule has 3 aromatic rings. The molecule has 7 nitrogen and oxygen atoms in total. The summed E-state index contributed by atoms with van der Waals surface area (Å²) in [5.41, 5.74) is 2.42. The number of anilines is 1. The van der Waals surface area contributed by atoms with Crippen LogP contribution in [0.2, 0.25) is 0 Å². The maximum Gasteiger partial charge on any atom is 0.273 e. The first kappa shape index (κ1) is 20.7. The first-order valence-electron chi connectivity index (χ1n) is 10.2. The first-order chi connectivity index (χ1) is 15.1. The summed E-state index contributed by atoms with van der Waals surface area (Å²) < 4.78 is 20.4. The van der Waals surface area contributed by atoms with Crippen molar-refractivity contribution in [2.75, 3.05) is 11.9 Å². The van der Waals surface area contributed by atoms with E-state index in [1.165, 1.54) is 12.1 Å². The molecule has 3 heterocycles. The fourth-order valence-corrected chi connectivity index (χ4v) is 3.68. The monoisotopic (exact) mass is 422 g/mol. The molecule has 0 fully saturated rings. The van der Waals surface area contributed by atoms with Gasteiger partial charge in [0.05, 0.1) is 36.7 Å². The van der Waals surface area contributed by atoms with Crippen molar-refractivity contribution < 1.29 is 18.7 Å². The maximum absolute atomic E-state index is 13.1. The highest BCUT2D eigenvalue weighted by Crippen LogP contribution is 2.24. The average molecular weight is 422 g/mol. The quantitative estimate of drug-likeness (QED) is 0.635. The topological polar surface area (TPSA) is 85.3 Å². The molecule has 0 saturated heterocycles. The molecule has 160 valence electrons. The van der Waals surface area contributed by atoms with Gasteiger partial charge in [0, 0.05) is 6.54 Å². The molecular weight excluding hydrogens is 399 g/mol. The molecule has 1 atom stereocenters. The normalized spacial score (nSPS) is 13.9. The lowest BCUT2D eigenvalue weighted by Crippen LogP contribution is -2.29. The number of aromatic nitrogens is 2. The summed E-state index contributed by atoms with van der Waals surface area (Å²) >= 11 is 0. The standard InChI is InChI=1S/C23H23FN4O3/c1-2-18(15-6-4-3-5-7-15)26-22(29)17-12-19(28-10-11-31-14-20(17)28)23(30)27-21-9-8-16(24)13-25-21/h3-9,12-13,18H,2,10-11,14H2,1H3,(H,26,29)(H,25,27,30). The Bertz CT molecular complexity index is 1080. The summed E-state index contributed by atoms with van der Waals surface area (Å²) in [5.74, 6) is -0.937. The Morgan fingerprint density at radius 2 is 2.00 bits per heavy atom. The van der Waals surface area contributed by atoms with Gasteiger partial charge in [-0.2, -0.15) is 0 Å². The van der Waals surface area contributed by atoms with E-state index in [-0.39, 0.29) is 24.4 Å². The summed E-state index contributed by atoms with van der Waals surface area (Å²) in [6, 6.07) is 13.8. The fourth-order valence-electron chi connectivity index (χ4n) is 3.68. The van der Waals surface area contributed by atoms with E-state index < -0.39 is 11.7 Å². The van der Waals surface area contributed by atoms with Gasteiger partial charge < -0.3 is 19.9 Å². The zero-order valence-electron chi connectivity index (χ0n) is 17.1. The minimum Gasteiger partial charge on any atom is -0.373 e. The van der Waals surface area contributed by atoms with Crippen molar-refractivity contribution in [2.45, 2.75) is 32.5 Å². The number of carbonyl (C=O) groups is 2. The lowest BCUT2D eigenvalue weighted by molar-refractivity contribution is 0.0787. The van der Waals surface area contributed by atoms with Gasteiger partial charge in [0.1, 0.15) is 17.3 Å². The number of pyridine rings is 1. The van der Waals surface area contributed by atoms with Gasteiger partial charge in [0.25, 0.3) is 11.8 Å². The Labute approximate surface area is 179 Å². The number of halogens is 1. The molecule has 31 heavy (non-hydrogen) atoms. The highest BCUT2D eigenvalue weighted by atomic mass is 19.1. The highest BCUT2D eigenvalue weighted by molar-refractivity contribution is 6.06. The third-order valence-electron chi connectivity index (χ3n) is 5.27. The maximum atomic E-state index is 13.1. The zero-order valence-corrected chi connectivity index (χ0v) is 17.1. The van der Waals surface area contributed by atoms with Gasteiger partial charge in [-0.15, -0.1) is 0 Å².